The van der Waals surface area contributed by atoms with E-state index in [4.69, 9.17) is 0 Å². The maximum atomic E-state index is 12.5. The van der Waals surface area contributed by atoms with Crippen LogP contribution in [0.1, 0.15) is 13.8 Å². The molecule has 0 radical (unpaired) electrons. The molecule has 28 heavy (non-hydrogen) atoms. The number of benzene rings is 1. The smallest absolute Gasteiger partial charge is 0.234 e. The second-order valence-electron chi connectivity index (χ2n) is 6.59. The molecule has 146 valence electrons. The van der Waals surface area contributed by atoms with Crippen molar-refractivity contribution < 1.29 is 4.79 Å². The van der Waals surface area contributed by atoms with Gasteiger partial charge in [-0.1, -0.05) is 37.7 Å². The Morgan fingerprint density at radius 1 is 1.18 bits per heavy atom. The standard InChI is InChI=1S/C20H23N5OS2/c1-14(2)12-25-19(15-7-6-10-21-11-15)23-24-20(25)28-13-18(26)22-16-8-4-5-9-17(16)27-3/h4-11,14H,12-13H2,1-3H3,(H,22,26). The topological polar surface area (TPSA) is 72.7 Å². The van der Waals surface area contributed by atoms with E-state index in [0.717, 1.165) is 33.7 Å². The van der Waals surface area contributed by atoms with E-state index >= 15 is 0 Å². The lowest BCUT2D eigenvalue weighted by Crippen LogP contribution is -2.15. The summed E-state index contributed by atoms with van der Waals surface area (Å²) in [4.78, 5) is 17.7. The summed E-state index contributed by atoms with van der Waals surface area (Å²) in [5.74, 6) is 1.41. The van der Waals surface area contributed by atoms with Crippen molar-refractivity contribution in [2.75, 3.05) is 17.3 Å². The molecule has 2 heterocycles. The first-order chi connectivity index (χ1) is 13.6. The van der Waals surface area contributed by atoms with Crippen molar-refractivity contribution in [3.63, 3.8) is 0 Å². The van der Waals surface area contributed by atoms with Crippen LogP contribution in [0.5, 0.6) is 0 Å². The van der Waals surface area contributed by atoms with Gasteiger partial charge in [0.2, 0.25) is 5.91 Å². The average molecular weight is 414 g/mol. The lowest BCUT2D eigenvalue weighted by molar-refractivity contribution is -0.113. The molecule has 8 heteroatoms. The van der Waals surface area contributed by atoms with Gasteiger partial charge >= 0.3 is 0 Å². The second-order valence-corrected chi connectivity index (χ2v) is 8.38. The molecule has 3 aromatic rings. The number of anilines is 1. The van der Waals surface area contributed by atoms with Crippen LogP contribution in [0.4, 0.5) is 5.69 Å². The highest BCUT2D eigenvalue weighted by molar-refractivity contribution is 7.99. The molecule has 1 aromatic carbocycles. The fourth-order valence-corrected chi connectivity index (χ4v) is 4.00. The van der Waals surface area contributed by atoms with Gasteiger partial charge in [0.25, 0.3) is 0 Å². The first kappa shape index (κ1) is 20.4. The van der Waals surface area contributed by atoms with Crippen LogP contribution in [0.3, 0.4) is 0 Å². The summed E-state index contributed by atoms with van der Waals surface area (Å²) in [5, 5.41) is 12.4. The van der Waals surface area contributed by atoms with Crippen LogP contribution in [0.2, 0.25) is 0 Å². The fourth-order valence-electron chi connectivity index (χ4n) is 2.70. The van der Waals surface area contributed by atoms with Gasteiger partial charge in [0.05, 0.1) is 11.4 Å². The maximum absolute atomic E-state index is 12.5. The Bertz CT molecular complexity index is 927. The number of rotatable bonds is 8. The SMILES string of the molecule is CSc1ccccc1NC(=O)CSc1nnc(-c2cccnc2)n1CC(C)C. The average Bonchev–Trinajstić information content (AvgIpc) is 3.09. The van der Waals surface area contributed by atoms with E-state index in [-0.39, 0.29) is 11.7 Å². The molecule has 0 saturated heterocycles. The van der Waals surface area contributed by atoms with E-state index in [2.05, 4.69) is 38.9 Å². The van der Waals surface area contributed by atoms with Crippen molar-refractivity contribution in [3.05, 3.63) is 48.8 Å². The minimum atomic E-state index is -0.0616. The zero-order chi connectivity index (χ0) is 19.9. The van der Waals surface area contributed by atoms with Gasteiger partial charge in [0.15, 0.2) is 11.0 Å². The monoisotopic (exact) mass is 413 g/mol. The van der Waals surface area contributed by atoms with E-state index in [1.165, 1.54) is 11.8 Å². The summed E-state index contributed by atoms with van der Waals surface area (Å²) >= 11 is 3.00. The predicted octanol–water partition coefficient (Wildman–Crippen LogP) is 4.45. The number of pyridine rings is 1. The van der Waals surface area contributed by atoms with Crippen molar-refractivity contribution in [3.8, 4) is 11.4 Å². The molecule has 0 fully saturated rings. The number of thioether (sulfide) groups is 2. The Hall–Kier alpha value is -2.32. The molecule has 0 aliphatic rings. The Balaban J connectivity index is 1.73. The molecule has 2 aromatic heterocycles. The number of carbonyl (C=O) groups excluding carboxylic acids is 1. The van der Waals surface area contributed by atoms with E-state index in [1.807, 2.05) is 42.7 Å². The van der Waals surface area contributed by atoms with Crippen LogP contribution in [0, 0.1) is 5.92 Å². The first-order valence-corrected chi connectivity index (χ1v) is 11.2. The highest BCUT2D eigenvalue weighted by atomic mass is 32.2. The summed E-state index contributed by atoms with van der Waals surface area (Å²) in [6.45, 7) is 5.07. The van der Waals surface area contributed by atoms with Gasteiger partial charge in [-0.25, -0.2) is 0 Å². The Kier molecular flexibility index (Phi) is 7.11. The third kappa shape index (κ3) is 5.14. The third-order valence-corrected chi connectivity index (χ3v) is 5.66. The summed E-state index contributed by atoms with van der Waals surface area (Å²) in [5.41, 5.74) is 1.75. The second kappa shape index (κ2) is 9.75. The molecule has 0 saturated carbocycles. The molecule has 1 amide bonds. The molecule has 0 aliphatic carbocycles. The molecular weight excluding hydrogens is 390 g/mol. The summed E-state index contributed by atoms with van der Waals surface area (Å²) in [6.07, 6.45) is 5.51. The first-order valence-electron chi connectivity index (χ1n) is 8.97. The Morgan fingerprint density at radius 3 is 2.71 bits per heavy atom. The third-order valence-electron chi connectivity index (χ3n) is 3.90. The van der Waals surface area contributed by atoms with Crippen molar-refractivity contribution in [2.45, 2.75) is 30.4 Å². The van der Waals surface area contributed by atoms with E-state index < -0.39 is 0 Å². The molecule has 0 unspecified atom stereocenters. The number of hydrogen-bond acceptors (Lipinski definition) is 6. The van der Waals surface area contributed by atoms with Crippen LogP contribution in [-0.4, -0.2) is 37.7 Å². The number of amides is 1. The summed E-state index contributed by atoms with van der Waals surface area (Å²) in [6, 6.07) is 11.6. The molecule has 6 nitrogen and oxygen atoms in total. The molecule has 0 atom stereocenters. The summed E-state index contributed by atoms with van der Waals surface area (Å²) in [7, 11) is 0. The number of para-hydroxylation sites is 1. The van der Waals surface area contributed by atoms with Crippen LogP contribution >= 0.6 is 23.5 Å². The highest BCUT2D eigenvalue weighted by Crippen LogP contribution is 2.27. The molecule has 0 bridgehead atoms. The van der Waals surface area contributed by atoms with Crippen LogP contribution in [-0.2, 0) is 11.3 Å². The fraction of sp³-hybridized carbons (Fsp3) is 0.300. The van der Waals surface area contributed by atoms with Crippen molar-refractivity contribution in [1.29, 1.82) is 0 Å². The number of hydrogen-bond donors (Lipinski definition) is 1. The lowest BCUT2D eigenvalue weighted by atomic mass is 10.2. The van der Waals surface area contributed by atoms with Gasteiger partial charge in [-0.05, 0) is 36.4 Å². The normalized spacial score (nSPS) is 11.0. The Labute approximate surface area is 173 Å². The zero-order valence-electron chi connectivity index (χ0n) is 16.1. The molecular formula is C20H23N5OS2. The number of aromatic nitrogens is 4. The van der Waals surface area contributed by atoms with Crippen LogP contribution < -0.4 is 5.32 Å². The zero-order valence-corrected chi connectivity index (χ0v) is 17.8. The number of carbonyl (C=O) groups is 1. The van der Waals surface area contributed by atoms with Crippen molar-refractivity contribution >= 4 is 35.1 Å². The largest absolute Gasteiger partial charge is 0.324 e. The van der Waals surface area contributed by atoms with Crippen LogP contribution in [0.15, 0.2) is 58.8 Å². The van der Waals surface area contributed by atoms with Gasteiger partial charge in [-0.15, -0.1) is 22.0 Å². The van der Waals surface area contributed by atoms with E-state index in [0.29, 0.717) is 5.92 Å². The highest BCUT2D eigenvalue weighted by Gasteiger charge is 2.17. The van der Waals surface area contributed by atoms with Gasteiger partial charge in [-0.2, -0.15) is 0 Å². The minimum absolute atomic E-state index is 0.0616. The van der Waals surface area contributed by atoms with Crippen molar-refractivity contribution in [1.82, 2.24) is 19.7 Å². The van der Waals surface area contributed by atoms with Gasteiger partial charge in [0, 0.05) is 29.4 Å². The van der Waals surface area contributed by atoms with Gasteiger partial charge < -0.3 is 9.88 Å². The number of nitrogens with zero attached hydrogens (tertiary/aromatic N) is 4. The maximum Gasteiger partial charge on any atom is 0.234 e. The predicted molar refractivity (Wildman–Crippen MR) is 116 cm³/mol. The van der Waals surface area contributed by atoms with Crippen molar-refractivity contribution in [2.24, 2.45) is 5.92 Å². The van der Waals surface area contributed by atoms with E-state index in [9.17, 15) is 4.79 Å². The van der Waals surface area contributed by atoms with Gasteiger partial charge in [-0.3, -0.25) is 9.78 Å². The molecule has 1 N–H and O–H groups in total. The lowest BCUT2D eigenvalue weighted by Gasteiger charge is -2.12. The Morgan fingerprint density at radius 2 is 2.00 bits per heavy atom. The van der Waals surface area contributed by atoms with Gasteiger partial charge in [0.1, 0.15) is 0 Å². The molecule has 0 aliphatic heterocycles. The van der Waals surface area contributed by atoms with Crippen LogP contribution in [0.25, 0.3) is 11.4 Å². The summed E-state index contributed by atoms with van der Waals surface area (Å²) < 4.78 is 2.06. The molecule has 3 rings (SSSR count). The quantitative estimate of drug-likeness (QED) is 0.550. The minimum Gasteiger partial charge on any atom is -0.324 e. The molecule has 0 spiro atoms. The van der Waals surface area contributed by atoms with E-state index in [1.54, 1.807) is 24.2 Å². The number of nitrogens with one attached hydrogen (secondary N) is 1.